The van der Waals surface area contributed by atoms with Crippen LogP contribution in [0.5, 0.6) is 0 Å². The lowest BCUT2D eigenvalue weighted by Gasteiger charge is -2.22. The molecule has 2 rings (SSSR count). The predicted molar refractivity (Wildman–Crippen MR) is 71.3 cm³/mol. The highest BCUT2D eigenvalue weighted by Gasteiger charge is 2.18. The quantitative estimate of drug-likeness (QED) is 0.654. The minimum absolute atomic E-state index is 0.0792. The third-order valence-electron chi connectivity index (χ3n) is 3.22. The molecular weight excluding hydrogens is 248 g/mol. The van der Waals surface area contributed by atoms with Crippen molar-refractivity contribution in [1.29, 1.82) is 0 Å². The molecule has 1 aromatic rings. The fourth-order valence-electron chi connectivity index (χ4n) is 2.20. The molecule has 6 nitrogen and oxygen atoms in total. The molecule has 1 aliphatic rings. The lowest BCUT2D eigenvalue weighted by molar-refractivity contribution is -0.384. The fraction of sp³-hybridized carbons (Fsp3) is 0.538. The number of nitrogens with one attached hydrogen (secondary N) is 1. The number of nitro groups is 1. The van der Waals surface area contributed by atoms with Crippen LogP contribution in [0.15, 0.2) is 18.2 Å². The minimum Gasteiger partial charge on any atom is -0.382 e. The summed E-state index contributed by atoms with van der Waals surface area (Å²) in [4.78, 5) is 10.6. The molecule has 0 radical (unpaired) electrons. The normalized spacial score (nSPS) is 16.3. The zero-order chi connectivity index (χ0) is 13.7. The van der Waals surface area contributed by atoms with E-state index in [1.165, 1.54) is 6.07 Å². The number of anilines is 1. The first-order valence-corrected chi connectivity index (χ1v) is 6.35. The highest BCUT2D eigenvalue weighted by Crippen LogP contribution is 2.28. The largest absolute Gasteiger partial charge is 0.382 e. The van der Waals surface area contributed by atoms with E-state index in [1.54, 1.807) is 13.1 Å². The van der Waals surface area contributed by atoms with E-state index in [0.717, 1.165) is 31.6 Å². The monoisotopic (exact) mass is 266 g/mol. The summed E-state index contributed by atoms with van der Waals surface area (Å²) in [6.45, 7) is 1.82. The second-order valence-electron chi connectivity index (χ2n) is 4.44. The van der Waals surface area contributed by atoms with E-state index in [4.69, 9.17) is 9.47 Å². The Morgan fingerprint density at radius 2 is 2.21 bits per heavy atom. The molecule has 104 valence electrons. The zero-order valence-corrected chi connectivity index (χ0v) is 10.9. The van der Waals surface area contributed by atoms with Gasteiger partial charge in [0.05, 0.1) is 17.6 Å². The molecule has 0 amide bonds. The number of hydrogen-bond acceptors (Lipinski definition) is 5. The first-order valence-electron chi connectivity index (χ1n) is 6.35. The van der Waals surface area contributed by atoms with Gasteiger partial charge in [-0.05, 0) is 12.8 Å². The van der Waals surface area contributed by atoms with Crippen molar-refractivity contribution in [1.82, 2.24) is 0 Å². The van der Waals surface area contributed by atoms with Crippen LogP contribution >= 0.6 is 0 Å². The molecular formula is C13H18N2O4. The molecule has 0 unspecified atom stereocenters. The van der Waals surface area contributed by atoms with E-state index in [-0.39, 0.29) is 16.7 Å². The summed E-state index contributed by atoms with van der Waals surface area (Å²) < 4.78 is 11.1. The Morgan fingerprint density at radius 3 is 2.84 bits per heavy atom. The van der Waals surface area contributed by atoms with Gasteiger partial charge in [0.25, 0.3) is 5.69 Å². The number of para-hydroxylation sites is 1. The molecule has 6 heteroatoms. The number of nitrogens with zero attached hydrogens (tertiary/aromatic N) is 1. The van der Waals surface area contributed by atoms with E-state index in [9.17, 15) is 10.1 Å². The van der Waals surface area contributed by atoms with E-state index in [1.807, 2.05) is 6.07 Å². The predicted octanol–water partition coefficient (Wildman–Crippen LogP) is 2.33. The Bertz CT molecular complexity index is 444. The molecule has 0 atom stereocenters. The SMILES string of the molecule is CNc1c(COC2CCOCC2)cccc1[N+](=O)[O-]. The van der Waals surface area contributed by atoms with Gasteiger partial charge in [0.2, 0.25) is 0 Å². The van der Waals surface area contributed by atoms with Crippen LogP contribution in [-0.2, 0) is 16.1 Å². The molecule has 0 aliphatic carbocycles. The number of ether oxygens (including phenoxy) is 2. The number of rotatable bonds is 5. The molecule has 0 saturated carbocycles. The average Bonchev–Trinajstić information content (AvgIpc) is 2.45. The Kier molecular flexibility index (Phi) is 4.70. The van der Waals surface area contributed by atoms with Crippen molar-refractivity contribution in [2.75, 3.05) is 25.6 Å². The van der Waals surface area contributed by atoms with Crippen LogP contribution in [0, 0.1) is 10.1 Å². The minimum atomic E-state index is -0.385. The third kappa shape index (κ3) is 3.42. The van der Waals surface area contributed by atoms with Gasteiger partial charge >= 0.3 is 0 Å². The molecule has 0 aromatic heterocycles. The van der Waals surface area contributed by atoms with Crippen molar-refractivity contribution in [3.63, 3.8) is 0 Å². The van der Waals surface area contributed by atoms with E-state index in [2.05, 4.69) is 5.32 Å². The van der Waals surface area contributed by atoms with Gasteiger partial charge in [0.15, 0.2) is 0 Å². The second-order valence-corrected chi connectivity index (χ2v) is 4.44. The molecule has 1 heterocycles. The summed E-state index contributed by atoms with van der Waals surface area (Å²) in [6.07, 6.45) is 1.94. The Labute approximate surface area is 111 Å². The van der Waals surface area contributed by atoms with Crippen molar-refractivity contribution in [3.8, 4) is 0 Å². The van der Waals surface area contributed by atoms with Crippen LogP contribution in [0.2, 0.25) is 0 Å². The summed E-state index contributed by atoms with van der Waals surface area (Å²) >= 11 is 0. The molecule has 1 N–H and O–H groups in total. The molecule has 1 fully saturated rings. The van der Waals surface area contributed by atoms with Gasteiger partial charge in [-0.3, -0.25) is 10.1 Å². The lowest BCUT2D eigenvalue weighted by Crippen LogP contribution is -2.23. The van der Waals surface area contributed by atoms with Gasteiger partial charge in [-0.1, -0.05) is 12.1 Å². The van der Waals surface area contributed by atoms with Gasteiger partial charge in [-0.2, -0.15) is 0 Å². The first-order chi connectivity index (χ1) is 9.22. The van der Waals surface area contributed by atoms with Crippen molar-refractivity contribution < 1.29 is 14.4 Å². The van der Waals surface area contributed by atoms with Gasteiger partial charge in [-0.15, -0.1) is 0 Å². The summed E-state index contributed by atoms with van der Waals surface area (Å²) in [5.41, 5.74) is 1.42. The van der Waals surface area contributed by atoms with Crippen molar-refractivity contribution in [3.05, 3.63) is 33.9 Å². The Hall–Kier alpha value is -1.66. The van der Waals surface area contributed by atoms with Crippen LogP contribution in [0.1, 0.15) is 18.4 Å². The summed E-state index contributed by atoms with van der Waals surface area (Å²) in [6, 6.07) is 5.02. The summed E-state index contributed by atoms with van der Waals surface area (Å²) in [5.74, 6) is 0. The fourth-order valence-corrected chi connectivity index (χ4v) is 2.20. The van der Waals surface area contributed by atoms with E-state index < -0.39 is 0 Å². The van der Waals surface area contributed by atoms with Crippen LogP contribution < -0.4 is 5.32 Å². The highest BCUT2D eigenvalue weighted by atomic mass is 16.6. The molecule has 1 aliphatic heterocycles. The number of benzene rings is 1. The summed E-state index contributed by atoms with van der Waals surface area (Å²) in [7, 11) is 1.68. The van der Waals surface area contributed by atoms with Gasteiger partial charge in [-0.25, -0.2) is 0 Å². The van der Waals surface area contributed by atoms with Gasteiger partial charge in [0, 0.05) is 31.9 Å². The van der Waals surface area contributed by atoms with E-state index >= 15 is 0 Å². The maximum Gasteiger partial charge on any atom is 0.292 e. The van der Waals surface area contributed by atoms with E-state index in [0.29, 0.717) is 12.3 Å². The third-order valence-corrected chi connectivity index (χ3v) is 3.22. The van der Waals surface area contributed by atoms with Crippen molar-refractivity contribution in [2.45, 2.75) is 25.6 Å². The Morgan fingerprint density at radius 1 is 1.47 bits per heavy atom. The second kappa shape index (κ2) is 6.49. The maximum atomic E-state index is 10.9. The number of hydrogen-bond donors (Lipinski definition) is 1. The smallest absolute Gasteiger partial charge is 0.292 e. The van der Waals surface area contributed by atoms with Crippen LogP contribution in [0.25, 0.3) is 0 Å². The van der Waals surface area contributed by atoms with Crippen LogP contribution in [0.4, 0.5) is 11.4 Å². The lowest BCUT2D eigenvalue weighted by atomic mass is 10.1. The zero-order valence-electron chi connectivity index (χ0n) is 10.9. The maximum absolute atomic E-state index is 10.9. The van der Waals surface area contributed by atoms with Crippen molar-refractivity contribution in [2.24, 2.45) is 0 Å². The number of nitro benzene ring substituents is 1. The summed E-state index contributed by atoms with van der Waals surface area (Å²) in [5, 5.41) is 13.8. The molecule has 1 aromatic carbocycles. The highest BCUT2D eigenvalue weighted by molar-refractivity contribution is 5.65. The topological polar surface area (TPSA) is 73.6 Å². The molecule has 0 spiro atoms. The molecule has 1 saturated heterocycles. The van der Waals surface area contributed by atoms with Gasteiger partial charge < -0.3 is 14.8 Å². The van der Waals surface area contributed by atoms with Crippen LogP contribution in [0.3, 0.4) is 0 Å². The molecule has 19 heavy (non-hydrogen) atoms. The van der Waals surface area contributed by atoms with Crippen molar-refractivity contribution >= 4 is 11.4 Å². The van der Waals surface area contributed by atoms with Crippen LogP contribution in [-0.4, -0.2) is 31.3 Å². The average molecular weight is 266 g/mol. The Balaban J connectivity index is 2.06. The van der Waals surface area contributed by atoms with Gasteiger partial charge in [0.1, 0.15) is 5.69 Å². The first kappa shape index (κ1) is 13.8. The standard InChI is InChI=1S/C13H18N2O4/c1-14-13-10(3-2-4-12(13)15(16)17)9-19-11-5-7-18-8-6-11/h2-4,11,14H,5-9H2,1H3. The molecule has 0 bridgehead atoms.